The normalized spacial score (nSPS) is 18.0. The van der Waals surface area contributed by atoms with Gasteiger partial charge in [-0.15, -0.1) is 0 Å². The molecule has 0 aromatic rings. The lowest BCUT2D eigenvalue weighted by atomic mass is 10.1. The van der Waals surface area contributed by atoms with Crippen LogP contribution in [0, 0.1) is 0 Å². The van der Waals surface area contributed by atoms with E-state index in [2.05, 4.69) is 37.2 Å². The van der Waals surface area contributed by atoms with Crippen LogP contribution in [0.5, 0.6) is 0 Å². The highest BCUT2D eigenvalue weighted by atomic mass is 31.3. The van der Waals surface area contributed by atoms with Gasteiger partial charge in [0.15, 0.2) is 0 Å². The van der Waals surface area contributed by atoms with Crippen molar-refractivity contribution < 1.29 is 23.2 Å². The summed E-state index contributed by atoms with van der Waals surface area (Å²) in [5.74, 6) is 0. The molecule has 0 radical (unpaired) electrons. The molecule has 140 valence electrons. The minimum atomic E-state index is -4.32. The molecule has 0 saturated heterocycles. The molecule has 0 saturated carbocycles. The fraction of sp³-hybridized carbons (Fsp3) is 0.647. The van der Waals surface area contributed by atoms with Gasteiger partial charge in [-0.1, -0.05) is 34.9 Å². The second-order valence-corrected chi connectivity index (χ2v) is 10.3. The molecule has 0 rings (SSSR count). The van der Waals surface area contributed by atoms with E-state index in [1.807, 2.05) is 13.0 Å². The molecule has 0 amide bonds. The van der Waals surface area contributed by atoms with Crippen LogP contribution in [0.1, 0.15) is 59.8 Å². The van der Waals surface area contributed by atoms with Gasteiger partial charge in [0, 0.05) is 12.8 Å². The van der Waals surface area contributed by atoms with Gasteiger partial charge in [-0.25, -0.2) is 0 Å². The number of hydrogen-bond acceptors (Lipinski definition) is 5. The van der Waals surface area contributed by atoms with Crippen molar-refractivity contribution in [3.05, 3.63) is 34.9 Å². The monoisotopic (exact) mass is 376 g/mol. The molecule has 0 spiro atoms. The highest BCUT2D eigenvalue weighted by Crippen LogP contribution is 2.52. The third-order valence-electron chi connectivity index (χ3n) is 3.29. The Morgan fingerprint density at radius 2 is 1.33 bits per heavy atom. The molecule has 0 aliphatic heterocycles. The highest BCUT2D eigenvalue weighted by molar-refractivity contribution is 7.64. The second-order valence-electron chi connectivity index (χ2n) is 6.44. The van der Waals surface area contributed by atoms with Crippen LogP contribution in [0.15, 0.2) is 34.9 Å². The average Bonchev–Trinajstić information content (AvgIpc) is 2.34. The molecule has 0 aliphatic rings. The Hall–Kier alpha value is -0.440. The Morgan fingerprint density at radius 3 is 1.79 bits per heavy atom. The van der Waals surface area contributed by atoms with E-state index in [4.69, 9.17) is 0 Å². The summed E-state index contributed by atoms with van der Waals surface area (Å²) in [7, 11) is -8.57. The van der Waals surface area contributed by atoms with E-state index in [9.17, 15) is 18.9 Å². The van der Waals surface area contributed by atoms with Gasteiger partial charge in [-0.2, -0.15) is 0 Å². The first-order chi connectivity index (χ1) is 10.9. The summed E-state index contributed by atoms with van der Waals surface area (Å²) in [5, 5.41) is 0. The van der Waals surface area contributed by atoms with E-state index >= 15 is 0 Å². The fourth-order valence-corrected chi connectivity index (χ4v) is 4.65. The zero-order valence-corrected chi connectivity index (χ0v) is 17.2. The smallest absolute Gasteiger partial charge is 0.141 e. The van der Waals surface area contributed by atoms with Crippen LogP contribution in [-0.4, -0.2) is 12.8 Å². The Kier molecular flexibility index (Phi) is 11.0. The number of hydrogen-bond donors (Lipinski definition) is 0. The maximum atomic E-state index is 11.5. The minimum absolute atomic E-state index is 0.260. The molecule has 7 heteroatoms. The van der Waals surface area contributed by atoms with Gasteiger partial charge in [-0.05, 0) is 59.8 Å². The molecule has 0 aromatic heterocycles. The predicted molar refractivity (Wildman–Crippen MR) is 97.1 cm³/mol. The van der Waals surface area contributed by atoms with Gasteiger partial charge in [0.1, 0.15) is 15.2 Å². The second kappa shape index (κ2) is 11.2. The van der Waals surface area contributed by atoms with E-state index in [1.165, 1.54) is 11.1 Å². The van der Waals surface area contributed by atoms with Crippen molar-refractivity contribution >= 4 is 15.2 Å². The van der Waals surface area contributed by atoms with Crippen molar-refractivity contribution in [1.29, 1.82) is 0 Å². The molecule has 5 nitrogen and oxygen atoms in total. The molecular formula is C17H30O5P2-2. The molecule has 0 N–H and O–H groups in total. The molecule has 0 aliphatic carbocycles. The SMILES string of the molecule is CC(C)=CCC/C(C)=C/CC/C(C)=C/CCP(=O)([O-])OP(C)(=O)[O-]. The van der Waals surface area contributed by atoms with Crippen molar-refractivity contribution in [2.45, 2.75) is 59.8 Å². The zero-order valence-electron chi connectivity index (χ0n) is 15.4. The topological polar surface area (TPSA) is 89.5 Å². The van der Waals surface area contributed by atoms with Crippen molar-refractivity contribution in [3.8, 4) is 0 Å². The van der Waals surface area contributed by atoms with Gasteiger partial charge < -0.3 is 18.9 Å². The Bertz CT molecular complexity index is 566. The van der Waals surface area contributed by atoms with Crippen LogP contribution in [0.2, 0.25) is 0 Å². The molecule has 0 bridgehead atoms. The van der Waals surface area contributed by atoms with Crippen molar-refractivity contribution in [1.82, 2.24) is 0 Å². The first-order valence-electron chi connectivity index (χ1n) is 8.16. The lowest BCUT2D eigenvalue weighted by Crippen LogP contribution is -2.11. The summed E-state index contributed by atoms with van der Waals surface area (Å²) in [5.41, 5.74) is 3.77. The van der Waals surface area contributed by atoms with Crippen molar-refractivity contribution in [2.24, 2.45) is 0 Å². The maximum absolute atomic E-state index is 11.5. The molecule has 0 heterocycles. The largest absolute Gasteiger partial charge is 0.778 e. The summed E-state index contributed by atoms with van der Waals surface area (Å²) in [6, 6.07) is 0. The van der Waals surface area contributed by atoms with Gasteiger partial charge >= 0.3 is 0 Å². The predicted octanol–water partition coefficient (Wildman–Crippen LogP) is 4.55. The summed E-state index contributed by atoms with van der Waals surface area (Å²) in [6.45, 7) is 9.01. The summed E-state index contributed by atoms with van der Waals surface area (Å²) < 4.78 is 26.5. The Morgan fingerprint density at radius 1 is 0.875 bits per heavy atom. The van der Waals surface area contributed by atoms with E-state index in [0.29, 0.717) is 0 Å². The van der Waals surface area contributed by atoms with E-state index in [0.717, 1.165) is 37.9 Å². The highest BCUT2D eigenvalue weighted by Gasteiger charge is 2.12. The quantitative estimate of drug-likeness (QED) is 0.390. The first kappa shape index (κ1) is 23.6. The van der Waals surface area contributed by atoms with Crippen LogP contribution in [0.3, 0.4) is 0 Å². The lowest BCUT2D eigenvalue weighted by molar-refractivity contribution is -0.212. The van der Waals surface area contributed by atoms with Crippen LogP contribution in [0.25, 0.3) is 0 Å². The maximum Gasteiger partial charge on any atom is 0.141 e. The molecule has 2 atom stereocenters. The standard InChI is InChI=1S/C17H32O5P2/c1-15(2)9-6-10-16(3)11-7-12-17(4)13-8-14-24(20,21)22-23(5,18)19/h9,11,13H,6-8,10,12,14H2,1-5H3,(H,18,19)(H,20,21)/p-2/b16-11+,17-13+. The van der Waals surface area contributed by atoms with Crippen LogP contribution >= 0.6 is 15.2 Å². The van der Waals surface area contributed by atoms with E-state index < -0.39 is 15.2 Å². The number of allylic oxidation sites excluding steroid dienone is 6. The van der Waals surface area contributed by atoms with Crippen LogP contribution < -0.4 is 9.79 Å². The first-order valence-corrected chi connectivity index (χ1v) is 11.9. The molecular weight excluding hydrogens is 346 g/mol. The van der Waals surface area contributed by atoms with Crippen molar-refractivity contribution in [3.63, 3.8) is 0 Å². The summed E-state index contributed by atoms with van der Waals surface area (Å²) >= 11 is 0. The third-order valence-corrected chi connectivity index (χ3v) is 6.28. The van der Waals surface area contributed by atoms with Gasteiger partial charge in [0.05, 0.1) is 0 Å². The molecule has 0 fully saturated rings. The zero-order chi connectivity index (χ0) is 18.8. The molecule has 0 aromatic carbocycles. The van der Waals surface area contributed by atoms with Gasteiger partial charge in [0.2, 0.25) is 0 Å². The summed E-state index contributed by atoms with van der Waals surface area (Å²) in [4.78, 5) is 22.3. The summed E-state index contributed by atoms with van der Waals surface area (Å²) in [6.07, 6.45) is 10.1. The van der Waals surface area contributed by atoms with Gasteiger partial charge in [-0.3, -0.25) is 4.31 Å². The van der Waals surface area contributed by atoms with Gasteiger partial charge in [0.25, 0.3) is 0 Å². The Balaban J connectivity index is 4.18. The third kappa shape index (κ3) is 15.1. The van der Waals surface area contributed by atoms with Crippen LogP contribution in [-0.2, 0) is 13.4 Å². The lowest BCUT2D eigenvalue weighted by Gasteiger charge is -2.29. The average molecular weight is 376 g/mol. The van der Waals surface area contributed by atoms with E-state index in [1.54, 1.807) is 0 Å². The Labute approximate surface area is 146 Å². The fourth-order valence-electron chi connectivity index (χ4n) is 2.07. The van der Waals surface area contributed by atoms with Crippen LogP contribution in [0.4, 0.5) is 0 Å². The van der Waals surface area contributed by atoms with E-state index in [-0.39, 0.29) is 12.6 Å². The van der Waals surface area contributed by atoms with Crippen molar-refractivity contribution in [2.75, 3.05) is 12.8 Å². The molecule has 24 heavy (non-hydrogen) atoms. The number of rotatable bonds is 11. The molecule has 2 unspecified atom stereocenters. The minimum Gasteiger partial charge on any atom is -0.778 e.